The SMILES string of the molecule is C.CC1CN(Cc2cccnc2)CC1c1nn2c(C3CCOCC3)ncc2c(=O)[nH]1.CC1CNCC1c1nn2c(C3CCOCC3)ncc2c(=O)[nH]1.O=Cc1cccnc1. The third-order valence-corrected chi connectivity index (χ3v) is 11.9. The number of nitrogens with one attached hydrogen (secondary N) is 3. The smallest absolute Gasteiger partial charge is 0.276 e. The Morgan fingerprint density at radius 2 is 1.28 bits per heavy atom. The number of imidazole rings is 2. The van der Waals surface area contributed by atoms with E-state index in [1.165, 1.54) is 11.8 Å². The number of aromatic nitrogens is 10. The molecule has 3 N–H and O–H groups in total. The van der Waals surface area contributed by atoms with Crippen molar-refractivity contribution in [3.05, 3.63) is 117 Å². The summed E-state index contributed by atoms with van der Waals surface area (Å²) in [6, 6.07) is 7.50. The Kier molecular flexibility index (Phi) is 14.0. The molecule has 0 radical (unpaired) electrons. The van der Waals surface area contributed by atoms with Crippen LogP contribution in [0.2, 0.25) is 0 Å². The Morgan fingerprint density at radius 3 is 1.77 bits per heavy atom. The largest absolute Gasteiger partial charge is 0.381 e. The number of fused-ring (bicyclic) bond motifs is 2. The summed E-state index contributed by atoms with van der Waals surface area (Å²) in [4.78, 5) is 60.4. The van der Waals surface area contributed by atoms with E-state index in [1.807, 2.05) is 12.3 Å². The Balaban J connectivity index is 0.000000155. The standard InChI is InChI=1S/C21H26N6O2.C15H21N5O2.C6H5NO.CH4/c1-14-11-26(12-15-3-2-6-22-9-15)13-17(14)19-24-21(28)18-10-23-20(27(18)25-19)16-4-7-29-8-5-16;1-9-6-16-7-11(9)13-18-15(21)12-8-17-14(20(12)19-13)10-2-4-22-5-3-10;8-5-6-2-1-3-7-4-6;/h2-3,6,9-10,14,16-17H,4-5,7-8,11-13H2,1H3,(H,24,25,28);8-11,16H,2-7H2,1H3,(H,18,19,21);1-5H;1H4. The van der Waals surface area contributed by atoms with E-state index in [0.717, 1.165) is 114 Å². The zero-order valence-electron chi connectivity index (χ0n) is 33.6. The number of H-pyrrole nitrogens is 2. The molecule has 17 heteroatoms. The maximum absolute atomic E-state index is 12.7. The molecule has 10 heterocycles. The Morgan fingerprint density at radius 1 is 0.717 bits per heavy atom. The number of carbonyl (C=O) groups excluding carboxylic acids is 1. The summed E-state index contributed by atoms with van der Waals surface area (Å²) in [7, 11) is 0. The van der Waals surface area contributed by atoms with Crippen LogP contribution in [-0.2, 0) is 16.0 Å². The summed E-state index contributed by atoms with van der Waals surface area (Å²) >= 11 is 0. The van der Waals surface area contributed by atoms with Gasteiger partial charge >= 0.3 is 0 Å². The van der Waals surface area contributed by atoms with Crippen molar-refractivity contribution in [1.82, 2.24) is 59.3 Å². The first-order chi connectivity index (χ1) is 28.9. The number of nitrogens with zero attached hydrogens (tertiary/aromatic N) is 9. The van der Waals surface area contributed by atoms with Gasteiger partial charge in [-0.25, -0.2) is 19.0 Å². The van der Waals surface area contributed by atoms with Gasteiger partial charge < -0.3 is 24.8 Å². The van der Waals surface area contributed by atoms with Crippen molar-refractivity contribution < 1.29 is 14.3 Å². The maximum atomic E-state index is 12.7. The minimum absolute atomic E-state index is 0. The highest BCUT2D eigenvalue weighted by molar-refractivity contribution is 5.73. The van der Waals surface area contributed by atoms with Gasteiger partial charge in [0.2, 0.25) is 0 Å². The highest BCUT2D eigenvalue weighted by atomic mass is 16.5. The highest BCUT2D eigenvalue weighted by Gasteiger charge is 2.34. The Hall–Kier alpha value is -5.49. The second kappa shape index (κ2) is 19.7. The molecule has 10 rings (SSSR count). The van der Waals surface area contributed by atoms with Crippen LogP contribution in [0, 0.1) is 11.8 Å². The van der Waals surface area contributed by atoms with E-state index in [2.05, 4.69) is 60.0 Å². The lowest BCUT2D eigenvalue weighted by Gasteiger charge is -2.21. The summed E-state index contributed by atoms with van der Waals surface area (Å²) < 4.78 is 14.4. The zero-order valence-corrected chi connectivity index (χ0v) is 33.6. The fraction of sp³-hybridized carbons (Fsp3) is 0.512. The van der Waals surface area contributed by atoms with Crippen LogP contribution in [0.15, 0.2) is 71.0 Å². The molecule has 0 aromatic carbocycles. The molecule has 0 saturated carbocycles. The van der Waals surface area contributed by atoms with Crippen molar-refractivity contribution in [1.29, 1.82) is 0 Å². The summed E-state index contributed by atoms with van der Waals surface area (Å²) in [6.45, 7) is 11.9. The predicted octanol–water partition coefficient (Wildman–Crippen LogP) is 4.11. The lowest BCUT2D eigenvalue weighted by molar-refractivity contribution is 0.0831. The summed E-state index contributed by atoms with van der Waals surface area (Å²) in [5, 5.41) is 12.9. The monoisotopic (exact) mass is 820 g/mol. The van der Waals surface area contributed by atoms with Crippen LogP contribution in [0.4, 0.5) is 0 Å². The van der Waals surface area contributed by atoms with Crippen molar-refractivity contribution in [3.63, 3.8) is 0 Å². The summed E-state index contributed by atoms with van der Waals surface area (Å²) in [5.74, 6) is 5.22. The molecule has 4 unspecified atom stereocenters. The Bertz CT molecular complexity index is 2420. The lowest BCUT2D eigenvalue weighted by Crippen LogP contribution is -2.24. The minimum atomic E-state index is -0.112. The number of aromatic amines is 2. The van der Waals surface area contributed by atoms with E-state index in [-0.39, 0.29) is 36.3 Å². The van der Waals surface area contributed by atoms with Crippen LogP contribution in [0.1, 0.15) is 110 Å². The van der Waals surface area contributed by atoms with E-state index in [1.54, 1.807) is 46.0 Å². The van der Waals surface area contributed by atoms with Crippen molar-refractivity contribution in [2.24, 2.45) is 11.8 Å². The predicted molar refractivity (Wildman–Crippen MR) is 225 cm³/mol. The highest BCUT2D eigenvalue weighted by Crippen LogP contribution is 2.32. The third-order valence-electron chi connectivity index (χ3n) is 11.9. The quantitative estimate of drug-likeness (QED) is 0.195. The number of ether oxygens (including phenoxy) is 2. The van der Waals surface area contributed by atoms with Crippen LogP contribution in [0.3, 0.4) is 0 Å². The molecule has 4 aliphatic rings. The number of pyridine rings is 2. The van der Waals surface area contributed by atoms with Gasteiger partial charge in [-0.3, -0.25) is 29.3 Å². The average Bonchev–Trinajstić information content (AvgIpc) is 4.09. The zero-order chi connectivity index (χ0) is 40.7. The Labute approximate surface area is 348 Å². The molecule has 60 heavy (non-hydrogen) atoms. The number of carbonyl (C=O) groups is 1. The van der Waals surface area contributed by atoms with E-state index in [0.29, 0.717) is 34.4 Å². The fourth-order valence-electron chi connectivity index (χ4n) is 8.59. The molecule has 0 spiro atoms. The molecule has 4 fully saturated rings. The first-order valence-electron chi connectivity index (χ1n) is 20.6. The van der Waals surface area contributed by atoms with Gasteiger partial charge in [0.05, 0.1) is 12.4 Å². The first kappa shape index (κ1) is 42.6. The van der Waals surface area contributed by atoms with Gasteiger partial charge in [0, 0.05) is 107 Å². The molecule has 0 aliphatic carbocycles. The number of aldehydes is 1. The van der Waals surface area contributed by atoms with Crippen LogP contribution in [-0.4, -0.2) is 113 Å². The second-order valence-corrected chi connectivity index (χ2v) is 16.1. The van der Waals surface area contributed by atoms with E-state index >= 15 is 0 Å². The number of rotatable bonds is 7. The second-order valence-electron chi connectivity index (χ2n) is 16.1. The van der Waals surface area contributed by atoms with Gasteiger partial charge in [0.1, 0.15) is 23.3 Å². The van der Waals surface area contributed by atoms with Crippen molar-refractivity contribution in [2.45, 2.75) is 77.2 Å². The lowest BCUT2D eigenvalue weighted by atomic mass is 9.97. The third kappa shape index (κ3) is 9.59. The molecule has 4 atom stereocenters. The van der Waals surface area contributed by atoms with Gasteiger partial charge in [-0.1, -0.05) is 27.3 Å². The molecule has 0 bridgehead atoms. The first-order valence-corrected chi connectivity index (χ1v) is 20.6. The van der Waals surface area contributed by atoms with Gasteiger partial charge in [-0.05, 0) is 67.8 Å². The molecule has 318 valence electrons. The van der Waals surface area contributed by atoms with Crippen LogP contribution < -0.4 is 16.4 Å². The van der Waals surface area contributed by atoms with Crippen LogP contribution >= 0.6 is 0 Å². The molecule has 4 saturated heterocycles. The van der Waals surface area contributed by atoms with Gasteiger partial charge in [-0.15, -0.1) is 0 Å². The minimum Gasteiger partial charge on any atom is -0.381 e. The van der Waals surface area contributed by atoms with Crippen LogP contribution in [0.5, 0.6) is 0 Å². The molecular formula is C43H56N12O5. The number of hydrogen-bond donors (Lipinski definition) is 3. The van der Waals surface area contributed by atoms with Crippen molar-refractivity contribution >= 4 is 17.3 Å². The molecule has 17 nitrogen and oxygen atoms in total. The van der Waals surface area contributed by atoms with E-state index < -0.39 is 0 Å². The van der Waals surface area contributed by atoms with E-state index in [9.17, 15) is 14.4 Å². The molecule has 4 aliphatic heterocycles. The fourth-order valence-corrected chi connectivity index (χ4v) is 8.59. The summed E-state index contributed by atoms with van der Waals surface area (Å²) in [5.41, 5.74) is 2.66. The number of likely N-dealkylation sites (tertiary alicyclic amines) is 1. The number of hydrogen-bond acceptors (Lipinski definition) is 13. The van der Waals surface area contributed by atoms with Crippen molar-refractivity contribution in [3.8, 4) is 0 Å². The molecule has 0 amide bonds. The average molecular weight is 821 g/mol. The van der Waals surface area contributed by atoms with E-state index in [4.69, 9.17) is 19.7 Å². The molecule has 6 aromatic rings. The summed E-state index contributed by atoms with van der Waals surface area (Å²) in [6.07, 6.45) is 14.6. The van der Waals surface area contributed by atoms with Gasteiger partial charge in [-0.2, -0.15) is 10.2 Å². The maximum Gasteiger partial charge on any atom is 0.276 e. The van der Waals surface area contributed by atoms with Crippen molar-refractivity contribution in [2.75, 3.05) is 52.6 Å². The van der Waals surface area contributed by atoms with Gasteiger partial charge in [0.15, 0.2) is 17.3 Å². The molecular weight excluding hydrogens is 765 g/mol. The molecule has 6 aromatic heterocycles. The normalized spacial score (nSPS) is 22.4. The van der Waals surface area contributed by atoms with Crippen LogP contribution in [0.25, 0.3) is 11.0 Å². The van der Waals surface area contributed by atoms with Gasteiger partial charge in [0.25, 0.3) is 11.1 Å². The topological polar surface area (TPSA) is 203 Å².